The number of anilines is 1. The van der Waals surface area contributed by atoms with Crippen molar-refractivity contribution in [3.05, 3.63) is 124 Å². The van der Waals surface area contributed by atoms with E-state index in [1.54, 1.807) is 0 Å². The summed E-state index contributed by atoms with van der Waals surface area (Å²) in [5.41, 5.74) is 13.5. The summed E-state index contributed by atoms with van der Waals surface area (Å²) < 4.78 is 0. The van der Waals surface area contributed by atoms with E-state index in [1.807, 2.05) is 0 Å². The topological polar surface area (TPSA) is 12.0 Å². The van der Waals surface area contributed by atoms with Gasteiger partial charge < -0.3 is 5.32 Å². The normalized spacial score (nSPS) is 12.5. The Morgan fingerprint density at radius 2 is 1.13 bits per heavy atom. The summed E-state index contributed by atoms with van der Waals surface area (Å²) in [7, 11) is 0. The summed E-state index contributed by atoms with van der Waals surface area (Å²) in [6.07, 6.45) is 0. The van der Waals surface area contributed by atoms with Crippen LogP contribution in [0, 0.1) is 20.8 Å². The van der Waals surface area contributed by atoms with Crippen LogP contribution in [-0.4, -0.2) is 0 Å². The fourth-order valence-electron chi connectivity index (χ4n) is 5.11. The van der Waals surface area contributed by atoms with Crippen LogP contribution in [0.2, 0.25) is 0 Å². The number of fused-ring (bicyclic) bond motifs is 3. The lowest BCUT2D eigenvalue weighted by Crippen LogP contribution is -2.09. The van der Waals surface area contributed by atoms with Gasteiger partial charge in [-0.1, -0.05) is 90.5 Å². The summed E-state index contributed by atoms with van der Waals surface area (Å²) in [6, 6.07) is 31.1. The van der Waals surface area contributed by atoms with Crippen LogP contribution in [-0.2, 0) is 6.54 Å². The maximum absolute atomic E-state index is 3.74. The fourth-order valence-corrected chi connectivity index (χ4v) is 5.11. The van der Waals surface area contributed by atoms with Crippen LogP contribution in [0.25, 0.3) is 11.1 Å². The first-order valence-electron chi connectivity index (χ1n) is 10.7. The van der Waals surface area contributed by atoms with Gasteiger partial charge in [-0.2, -0.15) is 0 Å². The molecule has 0 spiro atoms. The Labute approximate surface area is 179 Å². The van der Waals surface area contributed by atoms with Crippen molar-refractivity contribution < 1.29 is 0 Å². The van der Waals surface area contributed by atoms with Gasteiger partial charge in [0.2, 0.25) is 0 Å². The van der Waals surface area contributed by atoms with Crippen LogP contribution in [0.3, 0.4) is 0 Å². The van der Waals surface area contributed by atoms with Gasteiger partial charge in [0.25, 0.3) is 0 Å². The van der Waals surface area contributed by atoms with E-state index in [1.165, 1.54) is 55.8 Å². The minimum absolute atomic E-state index is 0.288. The third-order valence-electron chi connectivity index (χ3n) is 6.33. The molecule has 0 heterocycles. The number of aryl methyl sites for hydroxylation is 3. The molecule has 0 aromatic heterocycles. The van der Waals surface area contributed by atoms with E-state index in [-0.39, 0.29) is 5.92 Å². The number of hydrogen-bond donors (Lipinski definition) is 1. The lowest BCUT2D eigenvalue weighted by Gasteiger charge is -2.20. The molecule has 0 atom stereocenters. The van der Waals surface area contributed by atoms with E-state index in [9.17, 15) is 0 Å². The summed E-state index contributed by atoms with van der Waals surface area (Å²) in [5, 5.41) is 3.74. The largest absolute Gasteiger partial charge is 0.381 e. The summed E-state index contributed by atoms with van der Waals surface area (Å²) in [5.74, 6) is 0.288. The number of nitrogens with one attached hydrogen (secondary N) is 1. The molecule has 1 aliphatic carbocycles. The average Bonchev–Trinajstić information content (AvgIpc) is 3.08. The van der Waals surface area contributed by atoms with Crippen molar-refractivity contribution >= 4 is 5.69 Å². The molecule has 0 saturated heterocycles. The summed E-state index contributed by atoms with van der Waals surface area (Å²) in [4.78, 5) is 0. The number of hydrogen-bond acceptors (Lipinski definition) is 1. The lowest BCUT2D eigenvalue weighted by molar-refractivity contribution is 0.967. The van der Waals surface area contributed by atoms with Gasteiger partial charge in [-0.3, -0.25) is 0 Å². The maximum atomic E-state index is 3.74. The number of rotatable bonds is 4. The molecule has 0 bridgehead atoms. The third kappa shape index (κ3) is 3.11. The van der Waals surface area contributed by atoms with Gasteiger partial charge in [0, 0.05) is 18.2 Å². The smallest absolute Gasteiger partial charge is 0.0404 e. The van der Waals surface area contributed by atoms with Crippen molar-refractivity contribution in [1.82, 2.24) is 0 Å². The second-order valence-electron chi connectivity index (χ2n) is 8.43. The fraction of sp³-hybridized carbons (Fsp3) is 0.172. The molecule has 1 N–H and O–H groups in total. The van der Waals surface area contributed by atoms with Crippen molar-refractivity contribution in [3.8, 4) is 11.1 Å². The zero-order valence-corrected chi connectivity index (χ0v) is 17.9. The minimum atomic E-state index is 0.288. The Balaban J connectivity index is 1.55. The van der Waals surface area contributed by atoms with Crippen LogP contribution in [0.5, 0.6) is 0 Å². The average molecular weight is 390 g/mol. The minimum Gasteiger partial charge on any atom is -0.381 e. The molecule has 0 saturated carbocycles. The molecule has 4 aromatic rings. The Kier molecular flexibility index (Phi) is 4.67. The third-order valence-corrected chi connectivity index (χ3v) is 6.33. The van der Waals surface area contributed by atoms with Crippen LogP contribution in [0.4, 0.5) is 5.69 Å². The molecule has 4 aromatic carbocycles. The highest BCUT2D eigenvalue weighted by molar-refractivity contribution is 5.80. The van der Waals surface area contributed by atoms with E-state index < -0.39 is 0 Å². The number of benzene rings is 4. The molecule has 0 fully saturated rings. The van der Waals surface area contributed by atoms with Crippen molar-refractivity contribution in [1.29, 1.82) is 0 Å². The molecule has 1 heteroatoms. The standard InChI is InChI=1S/C29H27N/c1-19-16-20(2)29(21(3)17-19)30-18-22-10-4-5-11-23(22)28-26-14-8-6-12-24(26)25-13-7-9-15-27(25)28/h4-17,28,30H,18H2,1-3H3. The second kappa shape index (κ2) is 7.50. The SMILES string of the molecule is Cc1cc(C)c(NCc2ccccc2C2c3ccccc3-c3ccccc32)c(C)c1. The van der Waals surface area contributed by atoms with Gasteiger partial charge in [0.15, 0.2) is 0 Å². The molecular formula is C29H27N. The van der Waals surface area contributed by atoms with E-state index in [0.717, 1.165) is 6.54 Å². The Morgan fingerprint density at radius 3 is 1.73 bits per heavy atom. The maximum Gasteiger partial charge on any atom is 0.0404 e. The first-order valence-corrected chi connectivity index (χ1v) is 10.7. The second-order valence-corrected chi connectivity index (χ2v) is 8.43. The van der Waals surface area contributed by atoms with Crippen molar-refractivity contribution in [2.45, 2.75) is 33.2 Å². The van der Waals surface area contributed by atoms with E-state index in [2.05, 4.69) is 111 Å². The highest BCUT2D eigenvalue weighted by atomic mass is 14.9. The van der Waals surface area contributed by atoms with Crippen LogP contribution >= 0.6 is 0 Å². The van der Waals surface area contributed by atoms with Crippen LogP contribution < -0.4 is 5.32 Å². The zero-order chi connectivity index (χ0) is 20.7. The van der Waals surface area contributed by atoms with Gasteiger partial charge in [0.05, 0.1) is 0 Å². The Hall–Kier alpha value is -3.32. The van der Waals surface area contributed by atoms with Crippen molar-refractivity contribution in [2.24, 2.45) is 0 Å². The van der Waals surface area contributed by atoms with Gasteiger partial charge in [0.1, 0.15) is 0 Å². The quantitative estimate of drug-likeness (QED) is 0.338. The summed E-state index contributed by atoms with van der Waals surface area (Å²) >= 11 is 0. The predicted molar refractivity (Wildman–Crippen MR) is 127 cm³/mol. The van der Waals surface area contributed by atoms with Gasteiger partial charge >= 0.3 is 0 Å². The summed E-state index contributed by atoms with van der Waals surface area (Å²) in [6.45, 7) is 7.37. The van der Waals surface area contributed by atoms with Crippen LogP contribution in [0.15, 0.2) is 84.9 Å². The molecule has 0 radical (unpaired) electrons. The molecule has 30 heavy (non-hydrogen) atoms. The monoisotopic (exact) mass is 389 g/mol. The predicted octanol–water partition coefficient (Wildman–Crippen LogP) is 7.38. The van der Waals surface area contributed by atoms with E-state index in [0.29, 0.717) is 0 Å². The molecule has 5 rings (SSSR count). The van der Waals surface area contributed by atoms with E-state index in [4.69, 9.17) is 0 Å². The molecule has 0 aliphatic heterocycles. The Bertz CT molecular complexity index is 1170. The molecular weight excluding hydrogens is 362 g/mol. The molecule has 148 valence electrons. The van der Waals surface area contributed by atoms with Gasteiger partial charge in [-0.25, -0.2) is 0 Å². The van der Waals surface area contributed by atoms with Gasteiger partial charge in [-0.05, 0) is 65.3 Å². The first-order chi connectivity index (χ1) is 14.6. The van der Waals surface area contributed by atoms with Crippen molar-refractivity contribution in [2.75, 3.05) is 5.32 Å². The Morgan fingerprint density at radius 1 is 0.633 bits per heavy atom. The highest BCUT2D eigenvalue weighted by Crippen LogP contribution is 2.48. The van der Waals surface area contributed by atoms with E-state index >= 15 is 0 Å². The molecule has 1 aliphatic rings. The van der Waals surface area contributed by atoms with Gasteiger partial charge in [-0.15, -0.1) is 0 Å². The highest BCUT2D eigenvalue weighted by Gasteiger charge is 2.30. The lowest BCUT2D eigenvalue weighted by atomic mass is 9.86. The molecule has 1 nitrogen and oxygen atoms in total. The molecule has 0 amide bonds. The zero-order valence-electron chi connectivity index (χ0n) is 17.9. The first kappa shape index (κ1) is 18.7. The van der Waals surface area contributed by atoms with Crippen LogP contribution in [0.1, 0.15) is 44.9 Å². The molecule has 0 unspecified atom stereocenters. The van der Waals surface area contributed by atoms with Crippen molar-refractivity contribution in [3.63, 3.8) is 0 Å².